The first-order chi connectivity index (χ1) is 6.68. The quantitative estimate of drug-likeness (QED) is 0.707. The summed E-state index contributed by atoms with van der Waals surface area (Å²) in [7, 11) is 0. The Kier molecular flexibility index (Phi) is 3.85. The summed E-state index contributed by atoms with van der Waals surface area (Å²) >= 11 is 0. The molecule has 1 aromatic rings. The number of nitrogens with two attached hydrogens (primary N) is 1. The van der Waals surface area contributed by atoms with Crippen LogP contribution in [-0.2, 0) is 16.0 Å². The highest BCUT2D eigenvalue weighted by Gasteiger charge is 2.05. The Labute approximate surface area is 82.9 Å². The maximum Gasteiger partial charge on any atom is 0.224 e. The van der Waals surface area contributed by atoms with Gasteiger partial charge in [0.2, 0.25) is 5.91 Å². The summed E-state index contributed by atoms with van der Waals surface area (Å²) in [6.07, 6.45) is 0.909. The summed E-state index contributed by atoms with van der Waals surface area (Å²) in [5, 5.41) is 0. The number of rotatable bonds is 5. The molecule has 0 aliphatic heterocycles. The zero-order valence-electron chi connectivity index (χ0n) is 7.90. The summed E-state index contributed by atoms with van der Waals surface area (Å²) in [4.78, 5) is 21.5. The lowest BCUT2D eigenvalue weighted by molar-refractivity contribution is -0.126. The van der Waals surface area contributed by atoms with Gasteiger partial charge in [0, 0.05) is 6.42 Å². The average molecular weight is 191 g/mol. The van der Waals surface area contributed by atoms with Crippen LogP contribution in [0.15, 0.2) is 30.3 Å². The van der Waals surface area contributed by atoms with Crippen molar-refractivity contribution in [2.24, 2.45) is 5.73 Å². The Hall–Kier alpha value is -1.64. The Balaban J connectivity index is 2.34. The van der Waals surface area contributed by atoms with E-state index in [-0.39, 0.29) is 12.2 Å². The van der Waals surface area contributed by atoms with Gasteiger partial charge in [0.05, 0.1) is 6.42 Å². The van der Waals surface area contributed by atoms with Crippen LogP contribution in [0.3, 0.4) is 0 Å². The van der Waals surface area contributed by atoms with Crippen molar-refractivity contribution in [3.63, 3.8) is 0 Å². The van der Waals surface area contributed by atoms with Gasteiger partial charge < -0.3 is 5.73 Å². The van der Waals surface area contributed by atoms with Gasteiger partial charge in [-0.2, -0.15) is 0 Å². The van der Waals surface area contributed by atoms with Gasteiger partial charge in [0.1, 0.15) is 5.78 Å². The molecule has 3 heteroatoms. The molecule has 1 aromatic carbocycles. The molecule has 0 spiro atoms. The van der Waals surface area contributed by atoms with Crippen molar-refractivity contribution in [3.05, 3.63) is 35.9 Å². The molecule has 0 radical (unpaired) electrons. The highest BCUT2D eigenvalue weighted by Crippen LogP contribution is 2.03. The van der Waals surface area contributed by atoms with Crippen molar-refractivity contribution in [3.8, 4) is 0 Å². The highest BCUT2D eigenvalue weighted by molar-refractivity contribution is 5.97. The van der Waals surface area contributed by atoms with Crippen molar-refractivity contribution in [1.82, 2.24) is 0 Å². The van der Waals surface area contributed by atoms with Crippen LogP contribution < -0.4 is 5.73 Å². The molecule has 0 aliphatic rings. The van der Waals surface area contributed by atoms with Crippen molar-refractivity contribution >= 4 is 11.7 Å². The monoisotopic (exact) mass is 191 g/mol. The third-order valence-corrected chi connectivity index (χ3v) is 1.91. The molecule has 0 heterocycles. The molecule has 1 amide bonds. The minimum atomic E-state index is -0.553. The summed E-state index contributed by atoms with van der Waals surface area (Å²) in [6.45, 7) is 0. The van der Waals surface area contributed by atoms with Crippen molar-refractivity contribution in [1.29, 1.82) is 0 Å². The molecule has 0 saturated heterocycles. The van der Waals surface area contributed by atoms with Gasteiger partial charge in [-0.25, -0.2) is 0 Å². The predicted octanol–water partition coefficient (Wildman–Crippen LogP) is 1.06. The lowest BCUT2D eigenvalue weighted by atomic mass is 10.1. The molecule has 0 aliphatic carbocycles. The summed E-state index contributed by atoms with van der Waals surface area (Å²) in [6, 6.07) is 9.69. The third-order valence-electron chi connectivity index (χ3n) is 1.91. The Morgan fingerprint density at radius 2 is 1.79 bits per heavy atom. The van der Waals surface area contributed by atoms with Gasteiger partial charge in [-0.3, -0.25) is 9.59 Å². The van der Waals surface area contributed by atoms with E-state index in [0.717, 1.165) is 5.56 Å². The lowest BCUT2D eigenvalue weighted by Crippen LogP contribution is -2.16. The van der Waals surface area contributed by atoms with Crippen molar-refractivity contribution < 1.29 is 9.59 Å². The normalized spacial score (nSPS) is 9.71. The molecule has 0 fully saturated rings. The standard InChI is InChI=1S/C11H13NO2/c12-11(14)8-10(13)7-6-9-4-2-1-3-5-9/h1-5H,6-8H2,(H2,12,14). The predicted molar refractivity (Wildman–Crippen MR) is 53.6 cm³/mol. The fourth-order valence-electron chi connectivity index (χ4n) is 1.21. The van der Waals surface area contributed by atoms with Gasteiger partial charge in [-0.1, -0.05) is 30.3 Å². The van der Waals surface area contributed by atoms with Crippen molar-refractivity contribution in [2.75, 3.05) is 0 Å². The molecule has 3 nitrogen and oxygen atoms in total. The van der Waals surface area contributed by atoms with E-state index in [1.54, 1.807) is 0 Å². The lowest BCUT2D eigenvalue weighted by Gasteiger charge is -1.99. The SMILES string of the molecule is NC(=O)CC(=O)CCc1ccccc1. The van der Waals surface area contributed by atoms with Crippen LogP contribution in [0.5, 0.6) is 0 Å². The molecule has 0 aromatic heterocycles. The number of hydrogen-bond acceptors (Lipinski definition) is 2. The number of hydrogen-bond donors (Lipinski definition) is 1. The minimum Gasteiger partial charge on any atom is -0.369 e. The van der Waals surface area contributed by atoms with Crippen LogP contribution in [0.2, 0.25) is 0 Å². The van der Waals surface area contributed by atoms with Gasteiger partial charge in [0.15, 0.2) is 0 Å². The number of amides is 1. The zero-order valence-corrected chi connectivity index (χ0v) is 7.90. The van der Waals surface area contributed by atoms with E-state index in [2.05, 4.69) is 0 Å². The van der Waals surface area contributed by atoms with E-state index in [1.807, 2.05) is 30.3 Å². The van der Waals surface area contributed by atoms with Crippen LogP contribution >= 0.6 is 0 Å². The van der Waals surface area contributed by atoms with Crippen molar-refractivity contribution in [2.45, 2.75) is 19.3 Å². The number of benzene rings is 1. The minimum absolute atomic E-state index is 0.0960. The smallest absolute Gasteiger partial charge is 0.224 e. The number of primary amides is 1. The summed E-state index contributed by atoms with van der Waals surface area (Å²) < 4.78 is 0. The molecule has 74 valence electrons. The first kappa shape index (κ1) is 10.4. The maximum atomic E-state index is 11.1. The Morgan fingerprint density at radius 3 is 2.36 bits per heavy atom. The topological polar surface area (TPSA) is 60.2 Å². The molecule has 2 N–H and O–H groups in total. The fraction of sp³-hybridized carbons (Fsp3) is 0.273. The Morgan fingerprint density at radius 1 is 1.14 bits per heavy atom. The molecular formula is C11H13NO2. The highest BCUT2D eigenvalue weighted by atomic mass is 16.2. The zero-order chi connectivity index (χ0) is 10.4. The second-order valence-electron chi connectivity index (χ2n) is 3.17. The molecule has 0 unspecified atom stereocenters. The first-order valence-electron chi connectivity index (χ1n) is 4.52. The third kappa shape index (κ3) is 3.85. The average Bonchev–Trinajstić information content (AvgIpc) is 2.15. The molecule has 0 atom stereocenters. The van der Waals surface area contributed by atoms with Gasteiger partial charge in [-0.05, 0) is 12.0 Å². The van der Waals surface area contributed by atoms with Gasteiger partial charge in [-0.15, -0.1) is 0 Å². The number of Topliss-reactive ketones (excluding diaryl/α,β-unsaturated/α-hetero) is 1. The van der Waals surface area contributed by atoms with Crippen LogP contribution in [0, 0.1) is 0 Å². The second kappa shape index (κ2) is 5.17. The van der Waals surface area contributed by atoms with Crippen LogP contribution in [0.25, 0.3) is 0 Å². The first-order valence-corrected chi connectivity index (χ1v) is 4.52. The molecule has 0 bridgehead atoms. The van der Waals surface area contributed by atoms with Crippen LogP contribution in [-0.4, -0.2) is 11.7 Å². The summed E-state index contributed by atoms with van der Waals surface area (Å²) in [5.41, 5.74) is 6.00. The van der Waals surface area contributed by atoms with Gasteiger partial charge in [0.25, 0.3) is 0 Å². The van der Waals surface area contributed by atoms with E-state index >= 15 is 0 Å². The molecule has 0 saturated carbocycles. The molecular weight excluding hydrogens is 178 g/mol. The van der Waals surface area contributed by atoms with E-state index in [4.69, 9.17) is 5.73 Å². The fourth-order valence-corrected chi connectivity index (χ4v) is 1.21. The Bertz CT molecular complexity index is 319. The van der Waals surface area contributed by atoms with E-state index < -0.39 is 5.91 Å². The number of carbonyl (C=O) groups excluding carboxylic acids is 2. The number of ketones is 1. The van der Waals surface area contributed by atoms with Crippen LogP contribution in [0.4, 0.5) is 0 Å². The largest absolute Gasteiger partial charge is 0.369 e. The number of aryl methyl sites for hydroxylation is 1. The summed E-state index contributed by atoms with van der Waals surface area (Å²) in [5.74, 6) is -0.649. The molecule has 1 rings (SSSR count). The number of carbonyl (C=O) groups is 2. The van der Waals surface area contributed by atoms with Crippen LogP contribution in [0.1, 0.15) is 18.4 Å². The maximum absolute atomic E-state index is 11.1. The van der Waals surface area contributed by atoms with E-state index in [0.29, 0.717) is 12.8 Å². The van der Waals surface area contributed by atoms with E-state index in [1.165, 1.54) is 0 Å². The van der Waals surface area contributed by atoms with E-state index in [9.17, 15) is 9.59 Å². The second-order valence-corrected chi connectivity index (χ2v) is 3.17. The molecule has 14 heavy (non-hydrogen) atoms. The van der Waals surface area contributed by atoms with Gasteiger partial charge >= 0.3 is 0 Å².